The van der Waals surface area contributed by atoms with Crippen molar-refractivity contribution in [2.75, 3.05) is 7.11 Å². The third-order valence-corrected chi connectivity index (χ3v) is 24.0. The highest BCUT2D eigenvalue weighted by Gasteiger charge is 2.18. The second-order valence-electron chi connectivity index (χ2n) is 33.8. The Morgan fingerprint density at radius 3 is 0.807 bits per heavy atom. The summed E-state index contributed by atoms with van der Waals surface area (Å²) in [5, 5.41) is 13.6. The van der Waals surface area contributed by atoms with Crippen molar-refractivity contribution in [3.05, 3.63) is 340 Å². The Hall–Kier alpha value is -11.6. The van der Waals surface area contributed by atoms with E-state index in [2.05, 4.69) is 357 Å². The first-order valence-corrected chi connectivity index (χ1v) is 44.1. The second kappa shape index (κ2) is 40.2. The van der Waals surface area contributed by atoms with E-state index in [-0.39, 0.29) is 0 Å². The number of fused-ring (bicyclic) bond motifs is 15. The van der Waals surface area contributed by atoms with Crippen LogP contribution in [0.3, 0.4) is 0 Å². The maximum atomic E-state index is 5.28. The first-order chi connectivity index (χ1) is 57.8. The zero-order chi connectivity index (χ0) is 83.6. The third-order valence-electron chi connectivity index (χ3n) is 24.0. The average molecular weight is 1570 g/mol. The summed E-state index contributed by atoms with van der Waals surface area (Å²) in [5.41, 5.74) is 31.5. The van der Waals surface area contributed by atoms with Gasteiger partial charge in [0.2, 0.25) is 0 Å². The van der Waals surface area contributed by atoms with Crippen LogP contribution in [0, 0.1) is 76.2 Å². The standard InChI is InChI=1S/C24H33N.C24H31N.C22H21N.C21H19NO.C15H15N.C7H8/c2*1-4-5-6-7-8-9-10-11-16-25-23-14-12-19(2)17-21(23)22-18-20(3)13-15-24(22)25;1-4-17-7-9-18(10-8-17)23-21-11-5-15(2)13-19(21)20-14-16(3)6-12-22(20)23;1-14-4-10-20-18(12-14)19-13-15(2)5-11-21(19)22(20)16-6-8-17(23-3)9-7-16;1-10-4-6-14-12(8-10)13-9-11(2)5-7-15(13)16(14)3;1-7-5-3-2-4-6-7/h12-15,17-18H,4-11,16H2,1-3H3;4,12-15,17-18H,1,5-11,16H2,2-3H3;5-14H,4H2,1-3H3;4-13H,1-3H3;4-9H,1-3H3;2-6H,1H3. The number of allylic oxidation sites excluding steroid dienone is 1. The van der Waals surface area contributed by atoms with Gasteiger partial charge in [-0.2, -0.15) is 0 Å². The maximum absolute atomic E-state index is 5.28. The lowest BCUT2D eigenvalue weighted by Gasteiger charge is -2.09. The zero-order valence-corrected chi connectivity index (χ0v) is 74.0. The lowest BCUT2D eigenvalue weighted by atomic mass is 10.1. The van der Waals surface area contributed by atoms with Gasteiger partial charge in [-0.15, -0.1) is 6.58 Å². The Kier molecular flexibility index (Phi) is 28.8. The Morgan fingerprint density at radius 2 is 0.529 bits per heavy atom. The normalized spacial score (nSPS) is 11.3. The summed E-state index contributed by atoms with van der Waals surface area (Å²) in [4.78, 5) is 0. The van der Waals surface area contributed by atoms with Gasteiger partial charge in [0.25, 0.3) is 0 Å². The Balaban J connectivity index is 0.000000127. The van der Waals surface area contributed by atoms with Crippen molar-refractivity contribution in [3.63, 3.8) is 0 Å². The summed E-state index contributed by atoms with van der Waals surface area (Å²) >= 11 is 0. The molecule has 0 unspecified atom stereocenters. The van der Waals surface area contributed by atoms with E-state index in [1.807, 2.05) is 36.4 Å². The molecule has 119 heavy (non-hydrogen) atoms. The minimum atomic E-state index is 0.876. The molecule has 0 saturated heterocycles. The molecule has 18 rings (SSSR count). The summed E-state index contributed by atoms with van der Waals surface area (Å²) in [6, 6.07) is 95.1. The predicted molar refractivity (Wildman–Crippen MR) is 520 cm³/mol. The molecule has 0 atom stereocenters. The molecule has 13 aromatic carbocycles. The van der Waals surface area contributed by atoms with E-state index in [9.17, 15) is 0 Å². The highest BCUT2D eigenvalue weighted by Crippen LogP contribution is 2.38. The number of rotatable bonds is 22. The number of benzene rings is 13. The van der Waals surface area contributed by atoms with Crippen molar-refractivity contribution in [1.82, 2.24) is 22.8 Å². The fraction of sp³-hybridized carbons (Fsp3) is 0.292. The van der Waals surface area contributed by atoms with E-state index in [4.69, 9.17) is 4.74 Å². The van der Waals surface area contributed by atoms with E-state index in [1.165, 1.54) is 278 Å². The number of methoxy groups -OCH3 is 1. The highest BCUT2D eigenvalue weighted by atomic mass is 16.5. The molecule has 0 spiro atoms. The molecule has 0 amide bonds. The van der Waals surface area contributed by atoms with E-state index in [0.29, 0.717) is 0 Å². The van der Waals surface area contributed by atoms with Crippen molar-refractivity contribution in [3.8, 4) is 17.1 Å². The molecule has 18 aromatic rings. The third kappa shape index (κ3) is 20.4. The van der Waals surface area contributed by atoms with Gasteiger partial charge in [-0.05, 0) is 272 Å². The van der Waals surface area contributed by atoms with Gasteiger partial charge in [0.05, 0.1) is 29.2 Å². The van der Waals surface area contributed by atoms with E-state index < -0.39 is 0 Å². The number of nitrogens with zero attached hydrogens (tertiary/aromatic N) is 5. The molecule has 0 bridgehead atoms. The van der Waals surface area contributed by atoms with Crippen LogP contribution in [0.5, 0.6) is 5.75 Å². The van der Waals surface area contributed by atoms with Gasteiger partial charge in [-0.3, -0.25) is 0 Å². The molecule has 6 heteroatoms. The summed E-state index contributed by atoms with van der Waals surface area (Å²) < 4.78 is 17.3. The van der Waals surface area contributed by atoms with E-state index in [1.54, 1.807) is 7.11 Å². The van der Waals surface area contributed by atoms with Crippen LogP contribution < -0.4 is 4.74 Å². The number of unbranched alkanes of at least 4 members (excludes halogenated alkanes) is 13. The van der Waals surface area contributed by atoms with Crippen molar-refractivity contribution in [2.24, 2.45) is 7.05 Å². The predicted octanol–water partition coefficient (Wildman–Crippen LogP) is 32.2. The molecule has 0 fully saturated rings. The maximum Gasteiger partial charge on any atom is 0.119 e. The first kappa shape index (κ1) is 85.3. The van der Waals surface area contributed by atoms with Gasteiger partial charge >= 0.3 is 0 Å². The monoisotopic (exact) mass is 1570 g/mol. The minimum Gasteiger partial charge on any atom is -0.497 e. The van der Waals surface area contributed by atoms with Crippen molar-refractivity contribution in [1.29, 1.82) is 0 Å². The van der Waals surface area contributed by atoms with Crippen LogP contribution in [0.2, 0.25) is 0 Å². The van der Waals surface area contributed by atoms with Crippen LogP contribution in [0.25, 0.3) is 120 Å². The Bertz CT molecular complexity index is 6000. The van der Waals surface area contributed by atoms with Crippen molar-refractivity contribution >= 4 is 109 Å². The Morgan fingerprint density at radius 1 is 0.269 bits per heavy atom. The number of ether oxygens (including phenoxy) is 1. The lowest BCUT2D eigenvalue weighted by molar-refractivity contribution is 0.415. The molecule has 610 valence electrons. The van der Waals surface area contributed by atoms with Crippen LogP contribution in [-0.2, 0) is 26.6 Å². The SMILES string of the molecule is C=CCCCCCCCCn1c2ccc(C)cc2c2cc(C)ccc21.CCCCCCCCCCn1c2ccc(C)cc2c2cc(C)ccc21.CCc1ccc(-n2c3ccc(C)cc3c3cc(C)ccc32)cc1.COc1ccc(-n2c3ccc(C)cc3c3cc(C)ccc32)cc1.Cc1ccc2c(c1)c1cc(C)ccc1n2C.Cc1ccccc1. The summed E-state index contributed by atoms with van der Waals surface area (Å²) in [6.45, 7) is 34.3. The molecule has 0 saturated carbocycles. The van der Waals surface area contributed by atoms with Crippen LogP contribution in [-0.4, -0.2) is 29.9 Å². The van der Waals surface area contributed by atoms with Gasteiger partial charge in [-0.25, -0.2) is 0 Å². The largest absolute Gasteiger partial charge is 0.497 e. The quantitative estimate of drug-likeness (QED) is 0.0492. The minimum absolute atomic E-state index is 0.876. The second-order valence-corrected chi connectivity index (χ2v) is 33.8. The van der Waals surface area contributed by atoms with Crippen LogP contribution in [0.4, 0.5) is 0 Å². The molecule has 0 aliphatic carbocycles. The molecule has 0 N–H and O–H groups in total. The smallest absolute Gasteiger partial charge is 0.119 e. The fourth-order valence-corrected chi connectivity index (χ4v) is 17.5. The van der Waals surface area contributed by atoms with Crippen LogP contribution in [0.15, 0.2) is 274 Å². The average Bonchev–Trinajstić information content (AvgIpc) is 1.59. The molecule has 5 aromatic heterocycles. The molecular formula is C113H127N5O. The molecule has 0 aliphatic heterocycles. The van der Waals surface area contributed by atoms with Crippen molar-refractivity contribution < 1.29 is 4.74 Å². The molecular weight excluding hydrogens is 1440 g/mol. The van der Waals surface area contributed by atoms with Gasteiger partial charge in [0.1, 0.15) is 5.75 Å². The van der Waals surface area contributed by atoms with Gasteiger partial charge < -0.3 is 27.6 Å². The van der Waals surface area contributed by atoms with E-state index in [0.717, 1.165) is 30.9 Å². The molecule has 0 aliphatic rings. The van der Waals surface area contributed by atoms with Gasteiger partial charge in [-0.1, -0.05) is 255 Å². The molecule has 5 heterocycles. The van der Waals surface area contributed by atoms with Crippen molar-refractivity contribution in [2.45, 2.75) is 206 Å². The zero-order valence-electron chi connectivity index (χ0n) is 74.0. The summed E-state index contributed by atoms with van der Waals surface area (Å²) in [6.07, 6.45) is 23.2. The number of hydrogen-bond donors (Lipinski definition) is 0. The molecule has 6 nitrogen and oxygen atoms in total. The number of hydrogen-bond acceptors (Lipinski definition) is 1. The van der Waals surface area contributed by atoms with Crippen LogP contribution >= 0.6 is 0 Å². The number of aryl methyl sites for hydroxylation is 15. The molecule has 0 radical (unpaired) electrons. The van der Waals surface area contributed by atoms with Crippen LogP contribution in [0.1, 0.15) is 177 Å². The topological polar surface area (TPSA) is 33.9 Å². The Labute approximate surface area is 709 Å². The summed E-state index contributed by atoms with van der Waals surface area (Å²) in [7, 11) is 3.83. The fourth-order valence-electron chi connectivity index (χ4n) is 17.5. The lowest BCUT2D eigenvalue weighted by Crippen LogP contribution is -1.97. The highest BCUT2D eigenvalue weighted by molar-refractivity contribution is 6.13. The first-order valence-electron chi connectivity index (χ1n) is 44.1. The van der Waals surface area contributed by atoms with Gasteiger partial charge in [0, 0.05) is 118 Å². The van der Waals surface area contributed by atoms with E-state index >= 15 is 0 Å². The summed E-state index contributed by atoms with van der Waals surface area (Å²) in [5.74, 6) is 0.876. The number of aromatic nitrogens is 5. The van der Waals surface area contributed by atoms with Gasteiger partial charge in [0.15, 0.2) is 0 Å².